The number of ether oxygens (including phenoxy) is 1. The maximum absolute atomic E-state index is 11.9. The first kappa shape index (κ1) is 12.2. The minimum Gasteiger partial charge on any atom is -0.554 e. The van der Waals surface area contributed by atoms with Gasteiger partial charge in [-0.1, -0.05) is 18.2 Å². The van der Waals surface area contributed by atoms with Crippen molar-refractivity contribution in [2.75, 3.05) is 6.61 Å². The van der Waals surface area contributed by atoms with E-state index in [1.807, 2.05) is 6.07 Å². The number of hydrogen-bond acceptors (Lipinski definition) is 4. The number of carbonyl (C=O) groups is 1. The fraction of sp³-hybridized carbons (Fsp3) is 0.231. The first-order valence-electron chi connectivity index (χ1n) is 5.59. The Morgan fingerprint density at radius 1 is 1.39 bits per heavy atom. The molecule has 0 aliphatic heterocycles. The molecule has 0 fully saturated rings. The summed E-state index contributed by atoms with van der Waals surface area (Å²) < 4.78 is 6.37. The van der Waals surface area contributed by atoms with Crippen LogP contribution in [0.1, 0.15) is 23.2 Å². The zero-order chi connectivity index (χ0) is 13.1. The number of aromatic nitrogens is 1. The van der Waals surface area contributed by atoms with Crippen molar-refractivity contribution in [3.63, 3.8) is 0 Å². The Morgan fingerprint density at radius 3 is 2.67 bits per heavy atom. The van der Waals surface area contributed by atoms with E-state index in [0.717, 1.165) is 0 Å². The summed E-state index contributed by atoms with van der Waals surface area (Å²) >= 11 is 0. The molecule has 1 aromatic carbocycles. The minimum atomic E-state index is -0.589. The Bertz CT molecular complexity index is 560. The van der Waals surface area contributed by atoms with Gasteiger partial charge in [-0.2, -0.15) is 0 Å². The van der Waals surface area contributed by atoms with Crippen LogP contribution in [0.25, 0.3) is 11.5 Å². The molecule has 5 nitrogen and oxygen atoms in total. The van der Waals surface area contributed by atoms with Crippen LogP contribution in [0.15, 0.2) is 34.5 Å². The van der Waals surface area contributed by atoms with E-state index in [-0.39, 0.29) is 24.0 Å². The zero-order valence-electron chi connectivity index (χ0n) is 10.2. The van der Waals surface area contributed by atoms with E-state index < -0.39 is 5.97 Å². The van der Waals surface area contributed by atoms with Crippen molar-refractivity contribution in [3.8, 4) is 11.5 Å². The van der Waals surface area contributed by atoms with Gasteiger partial charge in [0.1, 0.15) is 0 Å². The summed E-state index contributed by atoms with van der Waals surface area (Å²) in [6.45, 7) is 3.46. The SMILES string of the molecule is CCOC(=O)c1nc(-c2ccccc2)[o+]([O-])c1C. The fourth-order valence-corrected chi connectivity index (χ4v) is 1.60. The van der Waals surface area contributed by atoms with Gasteiger partial charge in [0.25, 0.3) is 5.76 Å². The van der Waals surface area contributed by atoms with Crippen molar-refractivity contribution in [2.45, 2.75) is 13.8 Å². The molecule has 5 heteroatoms. The average Bonchev–Trinajstić information content (AvgIpc) is 2.68. The van der Waals surface area contributed by atoms with Gasteiger partial charge < -0.3 is 14.2 Å². The van der Waals surface area contributed by atoms with E-state index in [0.29, 0.717) is 5.56 Å². The van der Waals surface area contributed by atoms with E-state index in [9.17, 15) is 10.1 Å². The van der Waals surface area contributed by atoms with Crippen LogP contribution in [0.2, 0.25) is 0 Å². The number of oxazole rings is 1. The minimum absolute atomic E-state index is 0.0377. The number of carbonyl (C=O) groups excluding carboxylic acids is 1. The lowest BCUT2D eigenvalue weighted by Gasteiger charge is -2.04. The molecule has 0 saturated heterocycles. The summed E-state index contributed by atoms with van der Waals surface area (Å²) in [6.07, 6.45) is 0. The summed E-state index contributed by atoms with van der Waals surface area (Å²) in [5, 5.41) is 11.9. The van der Waals surface area contributed by atoms with Gasteiger partial charge in [0.05, 0.1) is 12.2 Å². The highest BCUT2D eigenvalue weighted by Crippen LogP contribution is 2.25. The molecule has 2 aromatic rings. The molecule has 18 heavy (non-hydrogen) atoms. The number of rotatable bonds is 3. The van der Waals surface area contributed by atoms with Crippen LogP contribution in [-0.4, -0.2) is 17.6 Å². The first-order chi connectivity index (χ1) is 8.65. The summed E-state index contributed by atoms with van der Waals surface area (Å²) in [5.41, 5.74) is 0.673. The average molecular weight is 247 g/mol. The molecule has 0 amide bonds. The molecule has 0 unspecified atom stereocenters. The van der Waals surface area contributed by atoms with Crippen LogP contribution < -0.4 is 5.26 Å². The largest absolute Gasteiger partial charge is 0.554 e. The molecule has 1 heterocycles. The molecule has 0 saturated carbocycles. The fourth-order valence-electron chi connectivity index (χ4n) is 1.60. The van der Waals surface area contributed by atoms with Crippen LogP contribution in [0.3, 0.4) is 0 Å². The van der Waals surface area contributed by atoms with E-state index in [2.05, 4.69) is 4.98 Å². The maximum atomic E-state index is 11.9. The summed E-state index contributed by atoms with van der Waals surface area (Å²) in [4.78, 5) is 15.6. The van der Waals surface area contributed by atoms with Gasteiger partial charge in [-0.25, -0.2) is 4.79 Å². The van der Waals surface area contributed by atoms with Crippen molar-refractivity contribution in [1.29, 1.82) is 0 Å². The molecule has 0 spiro atoms. The molecule has 0 aliphatic carbocycles. The van der Waals surface area contributed by atoms with E-state index in [4.69, 9.17) is 4.74 Å². The third-order valence-corrected chi connectivity index (χ3v) is 2.49. The Morgan fingerprint density at radius 2 is 2.06 bits per heavy atom. The molecule has 2 rings (SSSR count). The first-order valence-corrected chi connectivity index (χ1v) is 5.59. The highest BCUT2D eigenvalue weighted by molar-refractivity contribution is 5.88. The van der Waals surface area contributed by atoms with Crippen molar-refractivity contribution in [3.05, 3.63) is 41.8 Å². The molecular formula is C13H13NO4. The van der Waals surface area contributed by atoms with Gasteiger partial charge in [0.15, 0.2) is 0 Å². The van der Waals surface area contributed by atoms with Crippen LogP contribution in [0, 0.1) is 6.92 Å². The summed E-state index contributed by atoms with van der Waals surface area (Å²) in [6, 6.07) is 8.93. The Hall–Kier alpha value is -2.30. The number of hydrogen-bond donors (Lipinski definition) is 0. The third-order valence-electron chi connectivity index (χ3n) is 2.49. The number of nitrogens with zero attached hydrogens (tertiary/aromatic N) is 1. The number of benzene rings is 1. The number of esters is 1. The second-order valence-electron chi connectivity index (χ2n) is 3.68. The summed E-state index contributed by atoms with van der Waals surface area (Å²) in [5.74, 6) is -0.280. The van der Waals surface area contributed by atoms with Gasteiger partial charge in [-0.15, -0.1) is 4.98 Å². The monoisotopic (exact) mass is 247 g/mol. The van der Waals surface area contributed by atoms with Gasteiger partial charge in [0.2, 0.25) is 5.69 Å². The quantitative estimate of drug-likeness (QED) is 0.470. The standard InChI is InChI=1S/C13H13NO4/c1-3-17-13(15)11-9(2)18(16)12(14-11)10-7-5-4-6-8-10/h4-8H,3H2,1-2H3. The summed E-state index contributed by atoms with van der Waals surface area (Å²) in [7, 11) is 0. The maximum Gasteiger partial charge on any atom is 0.392 e. The lowest BCUT2D eigenvalue weighted by atomic mass is 10.2. The second-order valence-corrected chi connectivity index (χ2v) is 3.68. The lowest BCUT2D eigenvalue weighted by Crippen LogP contribution is -2.08. The Kier molecular flexibility index (Phi) is 3.32. The normalized spacial score (nSPS) is 10.3. The predicted molar refractivity (Wildman–Crippen MR) is 62.6 cm³/mol. The molecule has 1 aromatic heterocycles. The van der Waals surface area contributed by atoms with Crippen molar-refractivity contribution in [1.82, 2.24) is 4.98 Å². The van der Waals surface area contributed by atoms with E-state index in [1.165, 1.54) is 11.1 Å². The second kappa shape index (κ2) is 4.91. The zero-order valence-corrected chi connectivity index (χ0v) is 10.2. The van der Waals surface area contributed by atoms with Gasteiger partial charge in [0, 0.05) is 6.92 Å². The smallest absolute Gasteiger partial charge is 0.392 e. The molecule has 0 aliphatic rings. The topological polar surface area (TPSA) is 65.0 Å². The third kappa shape index (κ3) is 2.07. The Balaban J connectivity index is 2.46. The van der Waals surface area contributed by atoms with E-state index in [1.54, 1.807) is 31.2 Å². The molecule has 0 N–H and O–H groups in total. The van der Waals surface area contributed by atoms with Crippen molar-refractivity contribution >= 4 is 5.97 Å². The van der Waals surface area contributed by atoms with Crippen molar-refractivity contribution < 1.29 is 19.0 Å². The van der Waals surface area contributed by atoms with Crippen LogP contribution in [0.5, 0.6) is 0 Å². The van der Waals surface area contributed by atoms with Gasteiger partial charge >= 0.3 is 11.9 Å². The predicted octanol–water partition coefficient (Wildman–Crippen LogP) is 1.64. The molecule has 0 radical (unpaired) electrons. The van der Waals surface area contributed by atoms with Crippen LogP contribution in [0.4, 0.5) is 0 Å². The van der Waals surface area contributed by atoms with Gasteiger partial charge in [-0.3, -0.25) is 0 Å². The Labute approximate surface area is 104 Å². The van der Waals surface area contributed by atoms with Crippen LogP contribution >= 0.6 is 0 Å². The molecule has 94 valence electrons. The molecule has 0 bridgehead atoms. The molecular weight excluding hydrogens is 234 g/mol. The highest BCUT2D eigenvalue weighted by Gasteiger charge is 2.27. The van der Waals surface area contributed by atoms with Crippen molar-refractivity contribution in [2.24, 2.45) is 0 Å². The molecule has 0 atom stereocenters. The van der Waals surface area contributed by atoms with Crippen LogP contribution in [-0.2, 0) is 4.74 Å². The highest BCUT2D eigenvalue weighted by atomic mass is 17.2. The van der Waals surface area contributed by atoms with Gasteiger partial charge in [-0.05, 0) is 19.1 Å². The lowest BCUT2D eigenvalue weighted by molar-refractivity contribution is -0.695. The van der Waals surface area contributed by atoms with E-state index >= 15 is 0 Å².